The van der Waals surface area contributed by atoms with Gasteiger partial charge in [-0.15, -0.1) is 11.8 Å². The molecule has 1 atom stereocenters. The molecule has 7 nitrogen and oxygen atoms in total. The van der Waals surface area contributed by atoms with Gasteiger partial charge in [0.05, 0.1) is 0 Å². The van der Waals surface area contributed by atoms with E-state index in [2.05, 4.69) is 41.4 Å². The molecule has 4 rings (SSSR count). The topological polar surface area (TPSA) is 95.9 Å². The Hall–Kier alpha value is -3.79. The summed E-state index contributed by atoms with van der Waals surface area (Å²) in [4.78, 5) is 38.5. The summed E-state index contributed by atoms with van der Waals surface area (Å²) >= 11 is 0. The van der Waals surface area contributed by atoms with E-state index < -0.39 is 18.1 Å². The van der Waals surface area contributed by atoms with Crippen molar-refractivity contribution < 1.29 is 24.2 Å². The Labute approximate surface area is 205 Å². The van der Waals surface area contributed by atoms with E-state index in [1.165, 1.54) is 0 Å². The lowest BCUT2D eigenvalue weighted by atomic mass is 9.93. The summed E-state index contributed by atoms with van der Waals surface area (Å²) in [6.07, 6.45) is 0.924. The molecule has 1 heterocycles. The summed E-state index contributed by atoms with van der Waals surface area (Å²) < 4.78 is 5.61. The first-order valence-corrected chi connectivity index (χ1v) is 12.0. The SMILES string of the molecule is CC#CCC(NC(=O)OCC1c2ccccc2-c2ccccc21)C(=O)N1CCC(CC(=O)O)CC1. The number of alkyl carbamates (subject to hydrolysis) is 1. The molecule has 1 saturated heterocycles. The summed E-state index contributed by atoms with van der Waals surface area (Å²) in [5, 5.41) is 11.7. The van der Waals surface area contributed by atoms with Gasteiger partial charge in [0.25, 0.3) is 0 Å². The molecule has 182 valence electrons. The van der Waals surface area contributed by atoms with Crippen molar-refractivity contribution in [1.82, 2.24) is 10.2 Å². The number of rotatable bonds is 7. The van der Waals surface area contributed by atoms with Crippen LogP contribution < -0.4 is 5.32 Å². The van der Waals surface area contributed by atoms with Gasteiger partial charge >= 0.3 is 12.1 Å². The molecule has 0 spiro atoms. The molecular weight excluding hydrogens is 444 g/mol. The Kier molecular flexibility index (Phi) is 7.71. The van der Waals surface area contributed by atoms with Crippen LogP contribution in [0, 0.1) is 17.8 Å². The molecule has 7 heteroatoms. The highest BCUT2D eigenvalue weighted by atomic mass is 16.5. The predicted molar refractivity (Wildman–Crippen MR) is 132 cm³/mol. The van der Waals surface area contributed by atoms with Crippen molar-refractivity contribution in [2.24, 2.45) is 5.92 Å². The lowest BCUT2D eigenvalue weighted by Crippen LogP contribution is -2.51. The molecule has 2 aromatic carbocycles. The average Bonchev–Trinajstić information content (AvgIpc) is 3.18. The number of carbonyl (C=O) groups excluding carboxylic acids is 2. The summed E-state index contributed by atoms with van der Waals surface area (Å²) in [5.41, 5.74) is 4.54. The van der Waals surface area contributed by atoms with Crippen LogP contribution in [0.1, 0.15) is 49.7 Å². The number of aliphatic carboxylic acids is 1. The molecule has 1 aliphatic heterocycles. The second kappa shape index (κ2) is 11.1. The molecule has 0 radical (unpaired) electrons. The van der Waals surface area contributed by atoms with Gasteiger partial charge in [-0.3, -0.25) is 9.59 Å². The van der Waals surface area contributed by atoms with Crippen molar-refractivity contribution in [3.63, 3.8) is 0 Å². The lowest BCUT2D eigenvalue weighted by Gasteiger charge is -2.33. The van der Waals surface area contributed by atoms with Gasteiger partial charge in [-0.25, -0.2) is 4.79 Å². The van der Waals surface area contributed by atoms with Gasteiger partial charge in [-0.05, 0) is 47.9 Å². The number of carbonyl (C=O) groups is 3. The second-order valence-electron chi connectivity index (χ2n) is 9.02. The van der Waals surface area contributed by atoms with Gasteiger partial charge in [-0.2, -0.15) is 0 Å². The zero-order valence-electron chi connectivity index (χ0n) is 19.8. The van der Waals surface area contributed by atoms with E-state index in [9.17, 15) is 14.4 Å². The first-order valence-electron chi connectivity index (χ1n) is 12.0. The molecule has 35 heavy (non-hydrogen) atoms. The molecule has 1 aliphatic carbocycles. The Morgan fingerprint density at radius 2 is 1.66 bits per heavy atom. The number of fused-ring (bicyclic) bond motifs is 3. The maximum absolute atomic E-state index is 13.1. The van der Waals surface area contributed by atoms with Gasteiger partial charge in [0.15, 0.2) is 0 Å². The maximum Gasteiger partial charge on any atom is 0.407 e. The van der Waals surface area contributed by atoms with E-state index in [-0.39, 0.29) is 37.2 Å². The second-order valence-corrected chi connectivity index (χ2v) is 9.02. The molecule has 1 unspecified atom stereocenters. The number of hydrogen-bond acceptors (Lipinski definition) is 4. The third kappa shape index (κ3) is 5.65. The minimum atomic E-state index is -0.817. The van der Waals surface area contributed by atoms with Crippen molar-refractivity contribution >= 4 is 18.0 Å². The number of benzene rings is 2. The van der Waals surface area contributed by atoms with Gasteiger partial charge < -0.3 is 20.1 Å². The standard InChI is InChI=1S/C28H30N2O5/c1-2-3-12-25(27(33)30-15-13-19(14-16-30)17-26(31)32)29-28(34)35-18-24-22-10-6-4-8-20(22)21-9-5-7-11-23(21)24/h4-11,19,24-25H,12-18H2,1H3,(H,29,34)(H,31,32). The van der Waals surface area contributed by atoms with Crippen LogP contribution in [-0.2, 0) is 14.3 Å². The Morgan fingerprint density at radius 1 is 1.06 bits per heavy atom. The van der Waals surface area contributed by atoms with Crippen LogP contribution in [0.25, 0.3) is 11.1 Å². The number of nitrogens with one attached hydrogen (secondary N) is 1. The van der Waals surface area contributed by atoms with Crippen molar-refractivity contribution in [3.8, 4) is 23.0 Å². The number of nitrogens with zero attached hydrogens (tertiary/aromatic N) is 1. The van der Waals surface area contributed by atoms with E-state index in [0.717, 1.165) is 22.3 Å². The number of ether oxygens (including phenoxy) is 1. The summed E-state index contributed by atoms with van der Waals surface area (Å²) in [6, 6.07) is 15.4. The molecule has 0 saturated carbocycles. The van der Waals surface area contributed by atoms with E-state index in [1.807, 2.05) is 24.3 Å². The Balaban J connectivity index is 1.37. The number of likely N-dealkylation sites (tertiary alicyclic amines) is 1. The number of amides is 2. The van der Waals surface area contributed by atoms with E-state index in [0.29, 0.717) is 25.9 Å². The molecular formula is C28H30N2O5. The van der Waals surface area contributed by atoms with Gasteiger partial charge in [0, 0.05) is 31.8 Å². The zero-order valence-corrected chi connectivity index (χ0v) is 19.8. The monoisotopic (exact) mass is 474 g/mol. The van der Waals surface area contributed by atoms with E-state index >= 15 is 0 Å². The Morgan fingerprint density at radius 3 is 2.23 bits per heavy atom. The van der Waals surface area contributed by atoms with Crippen molar-refractivity contribution in [1.29, 1.82) is 0 Å². The van der Waals surface area contributed by atoms with Crippen molar-refractivity contribution in [3.05, 3.63) is 59.7 Å². The summed E-state index contributed by atoms with van der Waals surface area (Å²) in [6.45, 7) is 2.80. The van der Waals surface area contributed by atoms with E-state index in [1.54, 1.807) is 11.8 Å². The largest absolute Gasteiger partial charge is 0.481 e. The summed E-state index contributed by atoms with van der Waals surface area (Å²) in [7, 11) is 0. The fourth-order valence-electron chi connectivity index (χ4n) is 5.01. The highest BCUT2D eigenvalue weighted by Crippen LogP contribution is 2.44. The molecule has 1 fully saturated rings. The Bertz CT molecular complexity index is 1110. The number of hydrogen-bond donors (Lipinski definition) is 2. The van der Waals surface area contributed by atoms with Crippen LogP contribution in [0.4, 0.5) is 4.79 Å². The van der Waals surface area contributed by atoms with Crippen LogP contribution in [0.3, 0.4) is 0 Å². The maximum atomic E-state index is 13.1. The molecule has 0 bridgehead atoms. The van der Waals surface area contributed by atoms with Gasteiger partial charge in [0.1, 0.15) is 12.6 Å². The number of carboxylic acids is 1. The van der Waals surface area contributed by atoms with E-state index in [4.69, 9.17) is 9.84 Å². The van der Waals surface area contributed by atoms with Gasteiger partial charge in [-0.1, -0.05) is 48.5 Å². The molecule has 2 N–H and O–H groups in total. The quantitative estimate of drug-likeness (QED) is 0.591. The van der Waals surface area contributed by atoms with Crippen LogP contribution in [0.2, 0.25) is 0 Å². The average molecular weight is 475 g/mol. The minimum Gasteiger partial charge on any atom is -0.481 e. The van der Waals surface area contributed by atoms with Crippen LogP contribution in [-0.4, -0.2) is 53.7 Å². The van der Waals surface area contributed by atoms with Crippen LogP contribution in [0.5, 0.6) is 0 Å². The van der Waals surface area contributed by atoms with Crippen LogP contribution >= 0.6 is 0 Å². The first-order chi connectivity index (χ1) is 17.0. The normalized spacial score (nSPS) is 15.9. The third-order valence-electron chi connectivity index (χ3n) is 6.81. The highest BCUT2D eigenvalue weighted by Gasteiger charge is 2.32. The number of piperidine rings is 1. The molecule has 2 aliphatic rings. The first kappa shape index (κ1) is 24.3. The number of carboxylic acid groups (broad SMARTS) is 1. The molecule has 2 amide bonds. The smallest absolute Gasteiger partial charge is 0.407 e. The molecule has 0 aromatic heterocycles. The minimum absolute atomic E-state index is 0.0639. The zero-order chi connectivity index (χ0) is 24.8. The third-order valence-corrected chi connectivity index (χ3v) is 6.81. The fraction of sp³-hybridized carbons (Fsp3) is 0.393. The molecule has 2 aromatic rings. The highest BCUT2D eigenvalue weighted by molar-refractivity contribution is 5.86. The summed E-state index contributed by atoms with van der Waals surface area (Å²) in [5.74, 6) is 4.64. The fourth-order valence-corrected chi connectivity index (χ4v) is 5.01. The van der Waals surface area contributed by atoms with Gasteiger partial charge in [0.2, 0.25) is 5.91 Å². The van der Waals surface area contributed by atoms with Crippen molar-refractivity contribution in [2.45, 2.75) is 44.6 Å². The van der Waals surface area contributed by atoms with Crippen LogP contribution in [0.15, 0.2) is 48.5 Å². The predicted octanol–water partition coefficient (Wildman–Crippen LogP) is 4.02. The lowest BCUT2D eigenvalue weighted by molar-refractivity contribution is -0.139. The van der Waals surface area contributed by atoms with Crippen molar-refractivity contribution in [2.75, 3.05) is 19.7 Å².